The summed E-state index contributed by atoms with van der Waals surface area (Å²) < 4.78 is 27.7. The van der Waals surface area contributed by atoms with E-state index in [0.29, 0.717) is 49.9 Å². The molecular formula is C26H32N2O7. The van der Waals surface area contributed by atoms with Crippen LogP contribution in [-0.4, -0.2) is 66.7 Å². The summed E-state index contributed by atoms with van der Waals surface area (Å²) in [4.78, 5) is 28.9. The molecule has 0 spiro atoms. The number of benzene rings is 2. The fraction of sp³-hybridized carbons (Fsp3) is 0.462. The van der Waals surface area contributed by atoms with Gasteiger partial charge in [0.1, 0.15) is 18.0 Å². The van der Waals surface area contributed by atoms with Crippen molar-refractivity contribution in [2.24, 2.45) is 0 Å². The van der Waals surface area contributed by atoms with Crippen LogP contribution in [0.3, 0.4) is 0 Å². The van der Waals surface area contributed by atoms with Gasteiger partial charge in [-0.25, -0.2) is 9.59 Å². The van der Waals surface area contributed by atoms with E-state index in [2.05, 4.69) is 0 Å². The zero-order valence-corrected chi connectivity index (χ0v) is 20.4. The van der Waals surface area contributed by atoms with Crippen LogP contribution in [0.25, 0.3) is 0 Å². The Hall–Kier alpha value is -3.62. The second-order valence-electron chi connectivity index (χ2n) is 9.47. The zero-order valence-electron chi connectivity index (χ0n) is 20.4. The van der Waals surface area contributed by atoms with Crippen molar-refractivity contribution in [2.45, 2.75) is 45.4 Å². The van der Waals surface area contributed by atoms with Gasteiger partial charge in [-0.15, -0.1) is 0 Å². The van der Waals surface area contributed by atoms with Gasteiger partial charge in [-0.3, -0.25) is 0 Å². The summed E-state index contributed by atoms with van der Waals surface area (Å²) >= 11 is 0. The molecule has 0 unspecified atom stereocenters. The van der Waals surface area contributed by atoms with E-state index < -0.39 is 17.8 Å². The van der Waals surface area contributed by atoms with Gasteiger partial charge in [-0.1, -0.05) is 30.3 Å². The molecule has 0 aromatic heterocycles. The topological polar surface area (TPSA) is 86.8 Å². The quantitative estimate of drug-likeness (QED) is 0.599. The Balaban J connectivity index is 1.36. The fourth-order valence-corrected chi connectivity index (χ4v) is 3.92. The number of amides is 2. The molecule has 0 radical (unpaired) electrons. The number of rotatable bonds is 6. The summed E-state index contributed by atoms with van der Waals surface area (Å²) in [5, 5.41) is 0. The van der Waals surface area contributed by atoms with E-state index in [4.69, 9.17) is 23.7 Å². The Morgan fingerprint density at radius 2 is 1.77 bits per heavy atom. The molecule has 1 fully saturated rings. The Labute approximate surface area is 205 Å². The van der Waals surface area contributed by atoms with Crippen molar-refractivity contribution in [3.63, 3.8) is 0 Å². The number of hydrogen-bond acceptors (Lipinski definition) is 7. The minimum Gasteiger partial charge on any atom is -0.493 e. The van der Waals surface area contributed by atoms with Crippen LogP contribution in [0.2, 0.25) is 0 Å². The van der Waals surface area contributed by atoms with Gasteiger partial charge in [0, 0.05) is 32.1 Å². The summed E-state index contributed by atoms with van der Waals surface area (Å²) in [7, 11) is 0. The number of piperazine rings is 1. The lowest BCUT2D eigenvalue weighted by molar-refractivity contribution is -0.00614. The second kappa shape index (κ2) is 10.8. The number of fused-ring (bicyclic) bond motifs is 1. The summed E-state index contributed by atoms with van der Waals surface area (Å²) in [6.07, 6.45) is -0.293. The standard InChI is InChI=1S/C26H32N2O7/c1-26(2,3)35-25(30)28-13-12-27(24(29)32-17-19-7-5-4-6-8-19)16-20(28)11-14-31-21-9-10-22-23(15-21)34-18-33-22/h4-10,15,20H,11-14,16-18H2,1-3H3/t20-/m1/s1. The van der Waals surface area contributed by atoms with Crippen LogP contribution in [0.5, 0.6) is 17.2 Å². The SMILES string of the molecule is CC(C)(C)OC(=O)N1CCN(C(=O)OCc2ccccc2)C[C@H]1CCOc1ccc2c(c1)OCO2. The number of ether oxygens (including phenoxy) is 5. The van der Waals surface area contributed by atoms with Gasteiger partial charge in [0.15, 0.2) is 11.5 Å². The number of nitrogens with zero attached hydrogens (tertiary/aromatic N) is 2. The lowest BCUT2D eigenvalue weighted by Crippen LogP contribution is -2.57. The van der Waals surface area contributed by atoms with E-state index in [1.807, 2.05) is 57.2 Å². The molecule has 2 heterocycles. The van der Waals surface area contributed by atoms with Gasteiger partial charge in [0.25, 0.3) is 0 Å². The zero-order chi connectivity index (χ0) is 24.8. The molecule has 35 heavy (non-hydrogen) atoms. The van der Waals surface area contributed by atoms with E-state index in [-0.39, 0.29) is 19.4 Å². The summed E-state index contributed by atoms with van der Waals surface area (Å²) in [5.41, 5.74) is 0.304. The minimum absolute atomic E-state index is 0.196. The summed E-state index contributed by atoms with van der Waals surface area (Å²) in [6.45, 7) is 7.29. The van der Waals surface area contributed by atoms with Gasteiger partial charge >= 0.3 is 12.2 Å². The van der Waals surface area contributed by atoms with Crippen molar-refractivity contribution in [2.75, 3.05) is 33.0 Å². The van der Waals surface area contributed by atoms with E-state index in [1.165, 1.54) is 0 Å². The van der Waals surface area contributed by atoms with Crippen LogP contribution in [0, 0.1) is 0 Å². The molecule has 0 bridgehead atoms. The third kappa shape index (κ3) is 6.71. The maximum Gasteiger partial charge on any atom is 0.410 e. The molecular weight excluding hydrogens is 452 g/mol. The van der Waals surface area contributed by atoms with Gasteiger partial charge in [0.05, 0.1) is 12.6 Å². The molecule has 1 atom stereocenters. The van der Waals surface area contributed by atoms with Crippen LogP contribution < -0.4 is 14.2 Å². The highest BCUT2D eigenvalue weighted by atomic mass is 16.7. The molecule has 0 aliphatic carbocycles. The molecule has 2 aliphatic rings. The van der Waals surface area contributed by atoms with E-state index >= 15 is 0 Å². The number of hydrogen-bond donors (Lipinski definition) is 0. The van der Waals surface area contributed by atoms with Crippen molar-refractivity contribution in [3.05, 3.63) is 54.1 Å². The predicted molar refractivity (Wildman–Crippen MR) is 128 cm³/mol. The third-order valence-electron chi connectivity index (χ3n) is 5.64. The van der Waals surface area contributed by atoms with E-state index in [0.717, 1.165) is 5.56 Å². The van der Waals surface area contributed by atoms with Crippen molar-refractivity contribution in [3.8, 4) is 17.2 Å². The Bertz CT molecular complexity index is 1020. The molecule has 2 aromatic carbocycles. The van der Waals surface area contributed by atoms with Crippen LogP contribution >= 0.6 is 0 Å². The first-order valence-electron chi connectivity index (χ1n) is 11.8. The Morgan fingerprint density at radius 1 is 1.00 bits per heavy atom. The Kier molecular flexibility index (Phi) is 7.53. The van der Waals surface area contributed by atoms with Gasteiger partial charge in [-0.05, 0) is 38.5 Å². The molecule has 9 heteroatoms. The van der Waals surface area contributed by atoms with Crippen molar-refractivity contribution >= 4 is 12.2 Å². The van der Waals surface area contributed by atoms with Crippen molar-refractivity contribution in [1.29, 1.82) is 0 Å². The van der Waals surface area contributed by atoms with Crippen LogP contribution in [0.4, 0.5) is 9.59 Å². The van der Waals surface area contributed by atoms with E-state index in [1.54, 1.807) is 21.9 Å². The van der Waals surface area contributed by atoms with Crippen LogP contribution in [0.1, 0.15) is 32.8 Å². The molecule has 1 saturated heterocycles. The molecule has 2 amide bonds. The Morgan fingerprint density at radius 3 is 2.54 bits per heavy atom. The normalized spacial score (nSPS) is 17.2. The number of carbonyl (C=O) groups excluding carboxylic acids is 2. The maximum absolute atomic E-state index is 12.9. The molecule has 0 N–H and O–H groups in total. The smallest absolute Gasteiger partial charge is 0.410 e. The largest absolute Gasteiger partial charge is 0.493 e. The first kappa shape index (κ1) is 24.5. The average molecular weight is 485 g/mol. The van der Waals surface area contributed by atoms with Crippen molar-refractivity contribution < 1.29 is 33.3 Å². The molecule has 2 aliphatic heterocycles. The van der Waals surface area contributed by atoms with Gasteiger partial charge < -0.3 is 33.5 Å². The number of carbonyl (C=O) groups is 2. The van der Waals surface area contributed by atoms with Crippen molar-refractivity contribution in [1.82, 2.24) is 9.80 Å². The average Bonchev–Trinajstić information content (AvgIpc) is 3.30. The van der Waals surface area contributed by atoms with Gasteiger partial charge in [-0.2, -0.15) is 0 Å². The second-order valence-corrected chi connectivity index (χ2v) is 9.47. The highest BCUT2D eigenvalue weighted by molar-refractivity contribution is 5.71. The summed E-state index contributed by atoms with van der Waals surface area (Å²) in [5.74, 6) is 1.97. The predicted octanol–water partition coefficient (Wildman–Crippen LogP) is 4.44. The van der Waals surface area contributed by atoms with Crippen LogP contribution in [0.15, 0.2) is 48.5 Å². The molecule has 0 saturated carbocycles. The molecule has 188 valence electrons. The lowest BCUT2D eigenvalue weighted by atomic mass is 10.1. The molecule has 4 rings (SSSR count). The third-order valence-corrected chi connectivity index (χ3v) is 5.64. The molecule has 9 nitrogen and oxygen atoms in total. The summed E-state index contributed by atoms with van der Waals surface area (Å²) in [6, 6.07) is 14.6. The van der Waals surface area contributed by atoms with E-state index in [9.17, 15) is 9.59 Å². The first-order chi connectivity index (χ1) is 16.8. The minimum atomic E-state index is -0.615. The molecule has 2 aromatic rings. The van der Waals surface area contributed by atoms with Gasteiger partial charge in [0.2, 0.25) is 6.79 Å². The van der Waals surface area contributed by atoms with Crippen LogP contribution in [-0.2, 0) is 16.1 Å². The maximum atomic E-state index is 12.9. The highest BCUT2D eigenvalue weighted by Crippen LogP contribution is 2.35. The fourth-order valence-electron chi connectivity index (χ4n) is 3.92. The highest BCUT2D eigenvalue weighted by Gasteiger charge is 2.35. The lowest BCUT2D eigenvalue weighted by Gasteiger charge is -2.41. The first-order valence-corrected chi connectivity index (χ1v) is 11.8. The monoisotopic (exact) mass is 484 g/mol.